The number of nitrogens with zero attached hydrogens (tertiary/aromatic N) is 1. The fourth-order valence-corrected chi connectivity index (χ4v) is 2.27. The van der Waals surface area contributed by atoms with Crippen LogP contribution in [0.3, 0.4) is 0 Å². The first kappa shape index (κ1) is 14.7. The molecule has 1 heterocycles. The zero-order valence-electron chi connectivity index (χ0n) is 11.5. The van der Waals surface area contributed by atoms with Crippen LogP contribution in [0.5, 0.6) is 11.5 Å². The van der Waals surface area contributed by atoms with Crippen molar-refractivity contribution < 1.29 is 24.0 Å². The molecule has 0 saturated carbocycles. The van der Waals surface area contributed by atoms with E-state index in [0.29, 0.717) is 17.1 Å². The molecule has 1 aliphatic heterocycles. The lowest BCUT2D eigenvalue weighted by Gasteiger charge is -2.10. The number of hydrogen-bond acceptors (Lipinski definition) is 6. The number of rotatable bonds is 5. The molecule has 0 aromatic heterocycles. The minimum atomic E-state index is -0.645. The molecule has 0 unspecified atom stereocenters. The van der Waals surface area contributed by atoms with E-state index >= 15 is 0 Å². The number of fused-ring (bicyclic) bond motifs is 1. The first-order chi connectivity index (χ1) is 9.91. The van der Waals surface area contributed by atoms with Gasteiger partial charge in [-0.1, -0.05) is 12.1 Å². The highest BCUT2D eigenvalue weighted by Crippen LogP contribution is 2.40. The van der Waals surface area contributed by atoms with E-state index in [4.69, 9.17) is 9.47 Å². The summed E-state index contributed by atoms with van der Waals surface area (Å²) in [7, 11) is 0. The molecule has 1 aliphatic rings. The van der Waals surface area contributed by atoms with E-state index in [0.717, 1.165) is 0 Å². The third-order valence-electron chi connectivity index (χ3n) is 3.01. The van der Waals surface area contributed by atoms with Gasteiger partial charge in [-0.25, -0.2) is 0 Å². The van der Waals surface area contributed by atoms with E-state index in [1.807, 2.05) is 0 Å². The molecule has 0 N–H and O–H groups in total. The second-order valence-corrected chi connectivity index (χ2v) is 4.50. The van der Waals surface area contributed by atoms with E-state index in [2.05, 4.69) is 0 Å². The number of para-hydroxylation sites is 1. The number of carbonyl (C=O) groups is 2. The molecule has 0 aliphatic carbocycles. The molecule has 0 atom stereocenters. The second-order valence-electron chi connectivity index (χ2n) is 4.50. The lowest BCUT2D eigenvalue weighted by molar-refractivity contribution is -0.465. The van der Waals surface area contributed by atoms with Crippen molar-refractivity contribution in [2.45, 2.75) is 13.8 Å². The summed E-state index contributed by atoms with van der Waals surface area (Å²) >= 11 is 0. The van der Waals surface area contributed by atoms with Crippen molar-refractivity contribution in [2.75, 3.05) is 13.3 Å². The van der Waals surface area contributed by atoms with Crippen molar-refractivity contribution in [1.29, 1.82) is 0 Å². The van der Waals surface area contributed by atoms with Crippen molar-refractivity contribution in [3.05, 3.63) is 39.4 Å². The van der Waals surface area contributed by atoms with Gasteiger partial charge in [0.25, 0.3) is 0 Å². The van der Waals surface area contributed by atoms with Gasteiger partial charge in [0.2, 0.25) is 13.3 Å². The van der Waals surface area contributed by atoms with Crippen molar-refractivity contribution in [3.63, 3.8) is 0 Å². The van der Waals surface area contributed by atoms with E-state index in [1.165, 1.54) is 13.8 Å². The van der Waals surface area contributed by atoms with Gasteiger partial charge in [0.15, 0.2) is 23.1 Å². The Balaban J connectivity index is 2.69. The Morgan fingerprint density at radius 2 is 1.90 bits per heavy atom. The molecule has 1 aromatic rings. The van der Waals surface area contributed by atoms with Crippen LogP contribution in [0, 0.1) is 10.1 Å². The van der Waals surface area contributed by atoms with Crippen molar-refractivity contribution in [1.82, 2.24) is 0 Å². The molecule has 110 valence electrons. The normalized spacial score (nSPS) is 11.9. The van der Waals surface area contributed by atoms with Crippen molar-refractivity contribution in [3.8, 4) is 11.5 Å². The van der Waals surface area contributed by atoms with Crippen LogP contribution in [-0.2, 0) is 9.59 Å². The molecule has 7 heteroatoms. The third-order valence-corrected chi connectivity index (χ3v) is 3.01. The summed E-state index contributed by atoms with van der Waals surface area (Å²) in [6.45, 7) is 1.76. The smallest absolute Gasteiger partial charge is 0.231 e. The zero-order valence-corrected chi connectivity index (χ0v) is 11.5. The number of carbonyl (C=O) groups excluding carboxylic acids is 2. The van der Waals surface area contributed by atoms with Crippen LogP contribution in [0.4, 0.5) is 0 Å². The van der Waals surface area contributed by atoms with Crippen LogP contribution in [0.15, 0.2) is 23.8 Å². The van der Waals surface area contributed by atoms with E-state index in [9.17, 15) is 19.7 Å². The topological polar surface area (TPSA) is 95.7 Å². The summed E-state index contributed by atoms with van der Waals surface area (Å²) in [6, 6.07) is 4.84. The molecule has 0 saturated heterocycles. The molecule has 1 aromatic carbocycles. The molecule has 0 fully saturated rings. The lowest BCUT2D eigenvalue weighted by Crippen LogP contribution is -2.15. The van der Waals surface area contributed by atoms with E-state index < -0.39 is 23.0 Å². The highest BCUT2D eigenvalue weighted by Gasteiger charge is 2.27. The number of ketones is 2. The molecule has 21 heavy (non-hydrogen) atoms. The van der Waals surface area contributed by atoms with Crippen molar-refractivity contribution in [2.24, 2.45) is 0 Å². The van der Waals surface area contributed by atoms with Gasteiger partial charge in [-0.3, -0.25) is 19.7 Å². The van der Waals surface area contributed by atoms with Crippen LogP contribution in [0.2, 0.25) is 0 Å². The Morgan fingerprint density at radius 3 is 2.48 bits per heavy atom. The average Bonchev–Trinajstić information content (AvgIpc) is 2.84. The number of Topliss-reactive ketones (excluding diaryl/α,β-unsaturated/α-hetero) is 2. The summed E-state index contributed by atoms with van der Waals surface area (Å²) in [5.41, 5.74) is 0.194. The third kappa shape index (κ3) is 2.91. The summed E-state index contributed by atoms with van der Waals surface area (Å²) in [5.74, 6) is -0.291. The maximum absolute atomic E-state index is 11.7. The fourth-order valence-electron chi connectivity index (χ4n) is 2.27. The number of hydrogen-bond donors (Lipinski definition) is 0. The van der Waals surface area contributed by atoms with Gasteiger partial charge in [-0.05, 0) is 19.9 Å². The van der Waals surface area contributed by atoms with Gasteiger partial charge in [0.1, 0.15) is 0 Å². The fraction of sp³-hybridized carbons (Fsp3) is 0.286. The average molecular weight is 291 g/mol. The molecular formula is C14H13NO6. The van der Waals surface area contributed by atoms with Crippen LogP contribution >= 0.6 is 0 Å². The zero-order chi connectivity index (χ0) is 15.6. The molecule has 0 bridgehead atoms. The van der Waals surface area contributed by atoms with Gasteiger partial charge in [-0.15, -0.1) is 0 Å². The Bertz CT molecular complexity index is 645. The molecule has 2 rings (SSSR count). The summed E-state index contributed by atoms with van der Waals surface area (Å²) < 4.78 is 10.5. The van der Waals surface area contributed by atoms with Crippen LogP contribution in [-0.4, -0.2) is 29.8 Å². The van der Waals surface area contributed by atoms with Gasteiger partial charge in [-0.2, -0.15) is 0 Å². The maximum Gasteiger partial charge on any atom is 0.231 e. The predicted molar refractivity (Wildman–Crippen MR) is 72.7 cm³/mol. The Kier molecular flexibility index (Phi) is 4.02. The van der Waals surface area contributed by atoms with Crippen molar-refractivity contribution >= 4 is 17.1 Å². The highest BCUT2D eigenvalue weighted by molar-refractivity contribution is 6.24. The first-order valence-corrected chi connectivity index (χ1v) is 6.17. The van der Waals surface area contributed by atoms with Crippen LogP contribution in [0.1, 0.15) is 19.4 Å². The van der Waals surface area contributed by atoms with Gasteiger partial charge < -0.3 is 9.47 Å². The summed E-state index contributed by atoms with van der Waals surface area (Å²) in [6.07, 6.45) is 0. The van der Waals surface area contributed by atoms with Crippen LogP contribution in [0.25, 0.3) is 5.57 Å². The largest absolute Gasteiger partial charge is 0.454 e. The highest BCUT2D eigenvalue weighted by atomic mass is 16.7. The number of ether oxygens (including phenoxy) is 2. The number of allylic oxidation sites excluding steroid dienone is 1. The van der Waals surface area contributed by atoms with Gasteiger partial charge >= 0.3 is 0 Å². The quantitative estimate of drug-likeness (QED) is 0.269. The van der Waals surface area contributed by atoms with Gasteiger partial charge in [0, 0.05) is 16.1 Å². The van der Waals surface area contributed by atoms with E-state index in [-0.39, 0.29) is 17.9 Å². The first-order valence-electron chi connectivity index (χ1n) is 6.17. The van der Waals surface area contributed by atoms with Gasteiger partial charge in [0.05, 0.1) is 5.57 Å². The molecule has 0 radical (unpaired) electrons. The molecule has 7 nitrogen and oxygen atoms in total. The Labute approximate surface area is 120 Å². The maximum atomic E-state index is 11.7. The Morgan fingerprint density at radius 1 is 1.24 bits per heavy atom. The molecular weight excluding hydrogens is 278 g/mol. The predicted octanol–water partition coefficient (Wildman–Crippen LogP) is 1.62. The van der Waals surface area contributed by atoms with Crippen LogP contribution < -0.4 is 9.47 Å². The second kappa shape index (κ2) is 5.74. The number of nitro groups is 1. The molecule has 0 spiro atoms. The standard InChI is InChI=1S/C14H13NO6/c1-8(16)13(9(2)17)11(6-15(18)19)10-4-3-5-12-14(10)21-7-20-12/h3-5H,6-7H2,1-2H3. The lowest BCUT2D eigenvalue weighted by atomic mass is 9.94. The number of benzene rings is 1. The monoisotopic (exact) mass is 291 g/mol. The van der Waals surface area contributed by atoms with E-state index in [1.54, 1.807) is 18.2 Å². The molecule has 0 amide bonds. The minimum absolute atomic E-state index is 0.00638. The SMILES string of the molecule is CC(=O)C(C(C)=O)=C(C[N+](=O)[O-])c1cccc2c1OCO2. The minimum Gasteiger partial charge on any atom is -0.454 e. The Hall–Kier alpha value is -2.70. The summed E-state index contributed by atoms with van der Waals surface area (Å²) in [5, 5.41) is 10.9. The summed E-state index contributed by atoms with van der Waals surface area (Å²) in [4.78, 5) is 33.7.